The van der Waals surface area contributed by atoms with Crippen molar-refractivity contribution in [3.05, 3.63) is 42.0 Å². The first-order valence-corrected chi connectivity index (χ1v) is 5.02. The Kier molecular flexibility index (Phi) is 3.23. The summed E-state index contributed by atoms with van der Waals surface area (Å²) in [7, 11) is 1.84. The van der Waals surface area contributed by atoms with E-state index in [1.165, 1.54) is 0 Å². The van der Waals surface area contributed by atoms with Crippen molar-refractivity contribution in [2.75, 3.05) is 0 Å². The van der Waals surface area contributed by atoms with Crippen LogP contribution in [0.25, 0.3) is 0 Å². The van der Waals surface area contributed by atoms with E-state index in [4.69, 9.17) is 5.84 Å². The van der Waals surface area contributed by atoms with Crippen LogP contribution in [0.2, 0.25) is 0 Å². The molecule has 0 aromatic carbocycles. The third-order valence-electron chi connectivity index (χ3n) is 2.45. The number of aryl methyl sites for hydroxylation is 1. The highest BCUT2D eigenvalue weighted by molar-refractivity contribution is 5.10. The number of pyridine rings is 1. The molecule has 0 saturated carbocycles. The van der Waals surface area contributed by atoms with Crippen LogP contribution in [0.3, 0.4) is 0 Å². The maximum atomic E-state index is 5.53. The maximum Gasteiger partial charge on any atom is 0.0770 e. The van der Waals surface area contributed by atoms with E-state index in [1.54, 1.807) is 17.1 Å². The fourth-order valence-electron chi connectivity index (χ4n) is 1.59. The third-order valence-corrected chi connectivity index (χ3v) is 2.45. The van der Waals surface area contributed by atoms with Gasteiger partial charge in [0.05, 0.1) is 17.9 Å². The van der Waals surface area contributed by atoms with Crippen LogP contribution < -0.4 is 11.3 Å². The van der Waals surface area contributed by atoms with Gasteiger partial charge in [0.15, 0.2) is 0 Å². The lowest BCUT2D eigenvalue weighted by Crippen LogP contribution is -2.31. The van der Waals surface area contributed by atoms with Crippen LogP contribution in [-0.4, -0.2) is 20.0 Å². The normalized spacial score (nSPS) is 12.6. The van der Waals surface area contributed by atoms with E-state index in [0.29, 0.717) is 6.42 Å². The second-order valence-corrected chi connectivity index (χ2v) is 3.53. The highest BCUT2D eigenvalue weighted by Crippen LogP contribution is 2.14. The lowest BCUT2D eigenvalue weighted by atomic mass is 10.1. The van der Waals surface area contributed by atoms with Gasteiger partial charge in [-0.05, 0) is 12.1 Å². The average molecular weight is 218 g/mol. The van der Waals surface area contributed by atoms with Crippen molar-refractivity contribution in [3.8, 4) is 0 Å². The predicted octanol–water partition coefficient (Wildman–Crippen LogP) is -0.0428. The minimum absolute atomic E-state index is 0.0325. The molecule has 6 heteroatoms. The van der Waals surface area contributed by atoms with Gasteiger partial charge in [0.2, 0.25) is 0 Å². The van der Waals surface area contributed by atoms with Crippen molar-refractivity contribution in [1.29, 1.82) is 0 Å². The van der Waals surface area contributed by atoms with Gasteiger partial charge in [-0.2, -0.15) is 0 Å². The summed E-state index contributed by atoms with van der Waals surface area (Å²) in [5.74, 6) is 5.53. The molecule has 2 aromatic rings. The van der Waals surface area contributed by atoms with Crippen LogP contribution in [0, 0.1) is 0 Å². The molecule has 1 atom stereocenters. The van der Waals surface area contributed by atoms with Crippen molar-refractivity contribution in [2.24, 2.45) is 12.9 Å². The summed E-state index contributed by atoms with van der Waals surface area (Å²) in [4.78, 5) is 4.26. The molecule has 0 spiro atoms. The van der Waals surface area contributed by atoms with Crippen molar-refractivity contribution in [1.82, 2.24) is 25.4 Å². The van der Waals surface area contributed by atoms with Gasteiger partial charge in [-0.15, -0.1) is 5.10 Å². The Morgan fingerprint density at radius 3 is 2.94 bits per heavy atom. The number of hydrogen-bond donors (Lipinski definition) is 2. The van der Waals surface area contributed by atoms with Crippen molar-refractivity contribution in [3.63, 3.8) is 0 Å². The number of nitrogens with two attached hydrogens (primary N) is 1. The SMILES string of the molecule is Cn1nncc1C(Cc1ccccn1)NN. The van der Waals surface area contributed by atoms with E-state index in [1.807, 2.05) is 25.2 Å². The molecule has 16 heavy (non-hydrogen) atoms. The molecule has 2 aromatic heterocycles. The lowest BCUT2D eigenvalue weighted by molar-refractivity contribution is 0.502. The van der Waals surface area contributed by atoms with Crippen molar-refractivity contribution < 1.29 is 0 Å². The smallest absolute Gasteiger partial charge is 0.0770 e. The average Bonchev–Trinajstić information content (AvgIpc) is 2.74. The highest BCUT2D eigenvalue weighted by Gasteiger charge is 2.15. The zero-order valence-corrected chi connectivity index (χ0v) is 9.04. The topological polar surface area (TPSA) is 81.7 Å². The number of hydrazine groups is 1. The maximum absolute atomic E-state index is 5.53. The number of aromatic nitrogens is 4. The first-order chi connectivity index (χ1) is 7.81. The summed E-state index contributed by atoms with van der Waals surface area (Å²) < 4.78 is 1.70. The fourth-order valence-corrected chi connectivity index (χ4v) is 1.59. The molecule has 3 N–H and O–H groups in total. The lowest BCUT2D eigenvalue weighted by Gasteiger charge is -2.14. The molecular weight excluding hydrogens is 204 g/mol. The van der Waals surface area contributed by atoms with E-state index < -0.39 is 0 Å². The molecule has 6 nitrogen and oxygen atoms in total. The number of nitrogens with one attached hydrogen (secondary N) is 1. The van der Waals surface area contributed by atoms with Gasteiger partial charge < -0.3 is 0 Å². The first-order valence-electron chi connectivity index (χ1n) is 5.02. The Morgan fingerprint density at radius 1 is 1.50 bits per heavy atom. The Bertz CT molecular complexity index is 438. The molecule has 0 aliphatic heterocycles. The van der Waals surface area contributed by atoms with Gasteiger partial charge >= 0.3 is 0 Å². The monoisotopic (exact) mass is 218 g/mol. The molecule has 0 aliphatic rings. The Balaban J connectivity index is 2.16. The first kappa shape index (κ1) is 10.7. The molecule has 0 bridgehead atoms. The second-order valence-electron chi connectivity index (χ2n) is 3.53. The molecular formula is C10H14N6. The van der Waals surface area contributed by atoms with E-state index in [-0.39, 0.29) is 6.04 Å². The summed E-state index contributed by atoms with van der Waals surface area (Å²) in [6, 6.07) is 5.78. The molecule has 0 aliphatic carbocycles. The molecule has 2 heterocycles. The van der Waals surface area contributed by atoms with Crippen LogP contribution in [0.4, 0.5) is 0 Å². The summed E-state index contributed by atoms with van der Waals surface area (Å²) in [5.41, 5.74) is 4.67. The highest BCUT2D eigenvalue weighted by atomic mass is 15.4. The number of nitrogens with zero attached hydrogens (tertiary/aromatic N) is 4. The number of hydrogen-bond acceptors (Lipinski definition) is 5. The van der Waals surface area contributed by atoms with E-state index in [2.05, 4.69) is 20.7 Å². The minimum atomic E-state index is -0.0325. The van der Waals surface area contributed by atoms with Gasteiger partial charge in [0, 0.05) is 25.4 Å². The standard InChI is InChI=1S/C10H14N6/c1-16-10(7-13-15-16)9(14-11)6-8-4-2-3-5-12-8/h2-5,7,9,14H,6,11H2,1H3. The summed E-state index contributed by atoms with van der Waals surface area (Å²) >= 11 is 0. The molecule has 0 radical (unpaired) electrons. The van der Waals surface area contributed by atoms with Gasteiger partial charge in [-0.3, -0.25) is 20.9 Å². The zero-order valence-electron chi connectivity index (χ0n) is 9.04. The van der Waals surface area contributed by atoms with E-state index >= 15 is 0 Å². The molecule has 2 rings (SSSR count). The Morgan fingerprint density at radius 2 is 2.38 bits per heavy atom. The van der Waals surface area contributed by atoms with Crippen LogP contribution in [0.1, 0.15) is 17.4 Å². The molecule has 1 unspecified atom stereocenters. The molecule has 0 amide bonds. The Hall–Kier alpha value is -1.79. The molecule has 84 valence electrons. The summed E-state index contributed by atoms with van der Waals surface area (Å²) in [5, 5.41) is 7.71. The minimum Gasteiger partial charge on any atom is -0.271 e. The van der Waals surface area contributed by atoms with Crippen LogP contribution >= 0.6 is 0 Å². The van der Waals surface area contributed by atoms with Gasteiger partial charge in [-0.1, -0.05) is 11.3 Å². The summed E-state index contributed by atoms with van der Waals surface area (Å²) in [6.45, 7) is 0. The van der Waals surface area contributed by atoms with Crippen LogP contribution in [0.15, 0.2) is 30.6 Å². The zero-order chi connectivity index (χ0) is 11.4. The van der Waals surface area contributed by atoms with Crippen molar-refractivity contribution >= 4 is 0 Å². The summed E-state index contributed by atoms with van der Waals surface area (Å²) in [6.07, 6.45) is 4.18. The number of rotatable bonds is 4. The van der Waals surface area contributed by atoms with Crippen molar-refractivity contribution in [2.45, 2.75) is 12.5 Å². The quantitative estimate of drug-likeness (QED) is 0.555. The van der Waals surface area contributed by atoms with Gasteiger partial charge in [-0.25, -0.2) is 0 Å². The van der Waals surface area contributed by atoms with Crippen LogP contribution in [-0.2, 0) is 13.5 Å². The van der Waals surface area contributed by atoms with Crippen LogP contribution in [0.5, 0.6) is 0 Å². The van der Waals surface area contributed by atoms with Gasteiger partial charge in [0.25, 0.3) is 0 Å². The predicted molar refractivity (Wildman–Crippen MR) is 59.0 cm³/mol. The van der Waals surface area contributed by atoms with E-state index in [9.17, 15) is 0 Å². The fraction of sp³-hybridized carbons (Fsp3) is 0.300. The molecule has 0 fully saturated rings. The Labute approximate surface area is 93.5 Å². The van der Waals surface area contributed by atoms with Gasteiger partial charge in [0.1, 0.15) is 0 Å². The molecule has 0 saturated heterocycles. The van der Waals surface area contributed by atoms with E-state index in [0.717, 1.165) is 11.4 Å². The largest absolute Gasteiger partial charge is 0.271 e. The second kappa shape index (κ2) is 4.82. The third kappa shape index (κ3) is 2.23.